The maximum Gasteiger partial charge on any atom is 0.273 e. The molecule has 2 fully saturated rings. The molecule has 6 nitrogen and oxygen atoms in total. The molecule has 2 aliphatic rings. The maximum absolute atomic E-state index is 12.5. The number of piperidine rings is 1. The quantitative estimate of drug-likeness (QED) is 0.836. The Kier molecular flexibility index (Phi) is 5.02. The average Bonchev–Trinajstić information content (AvgIpc) is 3.15. The van der Waals surface area contributed by atoms with Crippen LogP contribution in [0.5, 0.6) is 0 Å². The van der Waals surface area contributed by atoms with Crippen molar-refractivity contribution >= 4 is 5.91 Å². The van der Waals surface area contributed by atoms with Crippen LogP contribution in [0.15, 0.2) is 36.5 Å². The van der Waals surface area contributed by atoms with Gasteiger partial charge in [0.25, 0.3) is 5.91 Å². The van der Waals surface area contributed by atoms with Crippen LogP contribution in [0.2, 0.25) is 0 Å². The van der Waals surface area contributed by atoms with Crippen LogP contribution in [-0.4, -0.2) is 40.5 Å². The summed E-state index contributed by atoms with van der Waals surface area (Å²) < 4.78 is 1.86. The molecule has 2 heterocycles. The zero-order chi connectivity index (χ0) is 17.8. The van der Waals surface area contributed by atoms with Gasteiger partial charge in [-0.15, -0.1) is 5.10 Å². The summed E-state index contributed by atoms with van der Waals surface area (Å²) in [5.74, 6) is -0.107. The first kappa shape index (κ1) is 17.2. The minimum atomic E-state index is -0.107. The summed E-state index contributed by atoms with van der Waals surface area (Å²) in [6, 6.07) is 10.9. The molecule has 0 unspecified atom stereocenters. The molecule has 138 valence electrons. The third-order valence-electron chi connectivity index (χ3n) is 5.89. The second-order valence-electron chi connectivity index (χ2n) is 7.76. The summed E-state index contributed by atoms with van der Waals surface area (Å²) >= 11 is 0. The monoisotopic (exact) mass is 353 g/mol. The Balaban J connectivity index is 1.35. The van der Waals surface area contributed by atoms with Crippen LogP contribution in [0.3, 0.4) is 0 Å². The number of rotatable bonds is 6. The van der Waals surface area contributed by atoms with Gasteiger partial charge in [0, 0.05) is 6.54 Å². The van der Waals surface area contributed by atoms with Crippen molar-refractivity contribution in [2.75, 3.05) is 19.6 Å². The highest BCUT2D eigenvalue weighted by Crippen LogP contribution is 2.43. The maximum atomic E-state index is 12.5. The van der Waals surface area contributed by atoms with Gasteiger partial charge in [0.2, 0.25) is 0 Å². The number of aromatic nitrogens is 3. The summed E-state index contributed by atoms with van der Waals surface area (Å²) in [5, 5.41) is 14.7. The minimum Gasteiger partial charge on any atom is -0.350 e. The van der Waals surface area contributed by atoms with Gasteiger partial charge >= 0.3 is 0 Å². The second-order valence-corrected chi connectivity index (χ2v) is 7.76. The van der Waals surface area contributed by atoms with E-state index in [1.54, 1.807) is 6.20 Å². The van der Waals surface area contributed by atoms with Crippen molar-refractivity contribution in [3.05, 3.63) is 47.8 Å². The summed E-state index contributed by atoms with van der Waals surface area (Å²) in [7, 11) is 0. The SMILES string of the molecule is O=C(NCC1(Cc2ccccc2)CCC1)c1cn(C2CCNCC2)nn1. The van der Waals surface area contributed by atoms with E-state index in [1.807, 2.05) is 10.7 Å². The molecule has 1 saturated heterocycles. The molecule has 1 aromatic carbocycles. The van der Waals surface area contributed by atoms with Crippen molar-refractivity contribution in [1.82, 2.24) is 25.6 Å². The van der Waals surface area contributed by atoms with Gasteiger partial charge in [-0.1, -0.05) is 42.0 Å². The number of carbonyl (C=O) groups is 1. The lowest BCUT2D eigenvalue weighted by molar-refractivity contribution is 0.0855. The number of nitrogens with one attached hydrogen (secondary N) is 2. The van der Waals surface area contributed by atoms with E-state index in [1.165, 1.54) is 24.8 Å². The number of carbonyl (C=O) groups excluding carboxylic acids is 1. The molecular weight excluding hydrogens is 326 g/mol. The largest absolute Gasteiger partial charge is 0.350 e. The summed E-state index contributed by atoms with van der Waals surface area (Å²) in [6.07, 6.45) is 8.48. The first-order chi connectivity index (χ1) is 12.7. The van der Waals surface area contributed by atoms with Crippen LogP contribution in [-0.2, 0) is 6.42 Å². The predicted molar refractivity (Wildman–Crippen MR) is 99.9 cm³/mol. The molecule has 0 atom stereocenters. The summed E-state index contributed by atoms with van der Waals surface area (Å²) in [5.41, 5.74) is 1.97. The summed E-state index contributed by atoms with van der Waals surface area (Å²) in [6.45, 7) is 2.70. The smallest absolute Gasteiger partial charge is 0.273 e. The van der Waals surface area contributed by atoms with Crippen molar-refractivity contribution in [2.45, 2.75) is 44.6 Å². The highest BCUT2D eigenvalue weighted by Gasteiger charge is 2.37. The van der Waals surface area contributed by atoms with E-state index >= 15 is 0 Å². The highest BCUT2D eigenvalue weighted by atomic mass is 16.2. The lowest BCUT2D eigenvalue weighted by atomic mass is 9.65. The molecule has 0 bridgehead atoms. The Bertz CT molecular complexity index is 732. The molecule has 1 aromatic heterocycles. The molecule has 1 aliphatic heterocycles. The van der Waals surface area contributed by atoms with Gasteiger partial charge in [0.15, 0.2) is 5.69 Å². The zero-order valence-electron chi connectivity index (χ0n) is 15.2. The standard InChI is InChI=1S/C20H27N5O/c26-19(18-14-25(24-23-18)17-7-11-21-12-8-17)22-15-20(9-4-10-20)13-16-5-2-1-3-6-16/h1-3,5-6,14,17,21H,4,7-13,15H2,(H,22,26). The van der Waals surface area contributed by atoms with Crippen molar-refractivity contribution in [1.29, 1.82) is 0 Å². The third-order valence-corrected chi connectivity index (χ3v) is 5.89. The second kappa shape index (κ2) is 7.58. The van der Waals surface area contributed by atoms with Crippen LogP contribution < -0.4 is 10.6 Å². The average molecular weight is 353 g/mol. The summed E-state index contributed by atoms with van der Waals surface area (Å²) in [4.78, 5) is 12.5. The number of hydrogen-bond acceptors (Lipinski definition) is 4. The minimum absolute atomic E-state index is 0.107. The molecule has 0 radical (unpaired) electrons. The van der Waals surface area contributed by atoms with Gasteiger partial charge < -0.3 is 10.6 Å². The molecule has 2 aromatic rings. The fourth-order valence-corrected chi connectivity index (χ4v) is 4.11. The van der Waals surface area contributed by atoms with Gasteiger partial charge in [0.1, 0.15) is 0 Å². The third kappa shape index (κ3) is 3.80. The molecule has 2 N–H and O–H groups in total. The van der Waals surface area contributed by atoms with E-state index in [2.05, 4.69) is 45.2 Å². The molecule has 6 heteroatoms. The van der Waals surface area contributed by atoms with Gasteiger partial charge in [-0.05, 0) is 56.2 Å². The van der Waals surface area contributed by atoms with Crippen LogP contribution >= 0.6 is 0 Å². The fraction of sp³-hybridized carbons (Fsp3) is 0.550. The van der Waals surface area contributed by atoms with Gasteiger partial charge in [0.05, 0.1) is 12.2 Å². The van der Waals surface area contributed by atoms with E-state index in [0.29, 0.717) is 18.3 Å². The lowest BCUT2D eigenvalue weighted by Gasteiger charge is -2.42. The highest BCUT2D eigenvalue weighted by molar-refractivity contribution is 5.91. The van der Waals surface area contributed by atoms with E-state index < -0.39 is 0 Å². The fourth-order valence-electron chi connectivity index (χ4n) is 4.11. The zero-order valence-corrected chi connectivity index (χ0v) is 15.2. The number of nitrogens with zero attached hydrogens (tertiary/aromatic N) is 3. The Hall–Kier alpha value is -2.21. The Labute approximate surface area is 154 Å². The molecule has 4 rings (SSSR count). The van der Waals surface area contributed by atoms with Crippen molar-refractivity contribution in [3.8, 4) is 0 Å². The van der Waals surface area contributed by atoms with Crippen LogP contribution in [0, 0.1) is 5.41 Å². The molecule has 1 saturated carbocycles. The van der Waals surface area contributed by atoms with Crippen molar-refractivity contribution in [2.24, 2.45) is 5.41 Å². The molecule has 1 aliphatic carbocycles. The number of benzene rings is 1. The number of hydrogen-bond donors (Lipinski definition) is 2. The first-order valence-corrected chi connectivity index (χ1v) is 9.69. The normalized spacial score (nSPS) is 19.7. The predicted octanol–water partition coefficient (Wildman–Crippen LogP) is 2.35. The molecule has 0 spiro atoms. The van der Waals surface area contributed by atoms with Crippen LogP contribution in [0.25, 0.3) is 0 Å². The lowest BCUT2D eigenvalue weighted by Crippen LogP contribution is -2.43. The van der Waals surface area contributed by atoms with Crippen molar-refractivity contribution in [3.63, 3.8) is 0 Å². The Morgan fingerprint density at radius 3 is 2.69 bits per heavy atom. The molecular formula is C20H27N5O. The van der Waals surface area contributed by atoms with E-state index in [9.17, 15) is 4.79 Å². The molecule has 26 heavy (non-hydrogen) atoms. The van der Waals surface area contributed by atoms with E-state index in [4.69, 9.17) is 0 Å². The van der Waals surface area contributed by atoms with Gasteiger partial charge in [-0.25, -0.2) is 4.68 Å². The first-order valence-electron chi connectivity index (χ1n) is 9.69. The van der Waals surface area contributed by atoms with Gasteiger partial charge in [-0.3, -0.25) is 4.79 Å². The topological polar surface area (TPSA) is 71.8 Å². The Morgan fingerprint density at radius 2 is 2.00 bits per heavy atom. The molecule has 1 amide bonds. The van der Waals surface area contributed by atoms with Crippen LogP contribution in [0.4, 0.5) is 0 Å². The van der Waals surface area contributed by atoms with Crippen molar-refractivity contribution < 1.29 is 4.79 Å². The van der Waals surface area contributed by atoms with E-state index in [-0.39, 0.29) is 11.3 Å². The Morgan fingerprint density at radius 1 is 1.23 bits per heavy atom. The van der Waals surface area contributed by atoms with Gasteiger partial charge in [-0.2, -0.15) is 0 Å². The van der Waals surface area contributed by atoms with E-state index in [0.717, 1.165) is 32.4 Å². The number of amides is 1. The van der Waals surface area contributed by atoms with Crippen LogP contribution in [0.1, 0.15) is 54.2 Å².